The Morgan fingerprint density at radius 2 is 2.21 bits per heavy atom. The Bertz CT molecular complexity index is 525. The SMILES string of the molecule is CC(C)Oc1cccc(C(O)CNC(=O)[C@H]2CCN[C@@H](C)C2)c1.Cl. The Kier molecular flexibility index (Phi) is 8.53. The van der Waals surface area contributed by atoms with Crippen molar-refractivity contribution in [1.82, 2.24) is 10.6 Å². The molecule has 1 aromatic carbocycles. The molecule has 0 aliphatic carbocycles. The second kappa shape index (κ2) is 9.87. The Labute approximate surface area is 150 Å². The average Bonchev–Trinajstić information content (AvgIpc) is 2.52. The molecule has 0 saturated carbocycles. The summed E-state index contributed by atoms with van der Waals surface area (Å²) in [6.07, 6.45) is 1.06. The molecule has 1 amide bonds. The van der Waals surface area contributed by atoms with Gasteiger partial charge in [0, 0.05) is 18.5 Å². The predicted molar refractivity (Wildman–Crippen MR) is 97.6 cm³/mol. The van der Waals surface area contributed by atoms with Crippen molar-refractivity contribution in [2.45, 2.75) is 51.9 Å². The number of aliphatic hydroxyl groups excluding tert-OH is 1. The third-order valence-electron chi connectivity index (χ3n) is 4.08. The van der Waals surface area contributed by atoms with Crippen LogP contribution in [0.2, 0.25) is 0 Å². The molecule has 1 saturated heterocycles. The molecule has 0 bridgehead atoms. The molecule has 1 heterocycles. The molecule has 136 valence electrons. The van der Waals surface area contributed by atoms with Gasteiger partial charge in [-0.15, -0.1) is 12.4 Å². The zero-order chi connectivity index (χ0) is 16.8. The van der Waals surface area contributed by atoms with Gasteiger partial charge in [-0.25, -0.2) is 0 Å². The van der Waals surface area contributed by atoms with Gasteiger partial charge in [0.2, 0.25) is 5.91 Å². The lowest BCUT2D eigenvalue weighted by Gasteiger charge is -2.27. The van der Waals surface area contributed by atoms with Gasteiger partial charge in [0.25, 0.3) is 0 Å². The molecule has 3 N–H and O–H groups in total. The van der Waals surface area contributed by atoms with E-state index >= 15 is 0 Å². The van der Waals surface area contributed by atoms with E-state index in [2.05, 4.69) is 17.6 Å². The Hall–Kier alpha value is -1.30. The molecule has 1 aliphatic heterocycles. The Balaban J connectivity index is 0.00000288. The minimum absolute atomic E-state index is 0. The molecule has 3 atom stereocenters. The topological polar surface area (TPSA) is 70.6 Å². The lowest BCUT2D eigenvalue weighted by atomic mass is 9.92. The molecular weight excluding hydrogens is 328 g/mol. The fourth-order valence-corrected chi connectivity index (χ4v) is 2.90. The van der Waals surface area contributed by atoms with E-state index in [1.165, 1.54) is 0 Å². The van der Waals surface area contributed by atoms with Crippen molar-refractivity contribution in [2.75, 3.05) is 13.1 Å². The van der Waals surface area contributed by atoms with Crippen molar-refractivity contribution in [1.29, 1.82) is 0 Å². The van der Waals surface area contributed by atoms with Crippen molar-refractivity contribution in [3.05, 3.63) is 29.8 Å². The van der Waals surface area contributed by atoms with Gasteiger partial charge in [-0.2, -0.15) is 0 Å². The fourth-order valence-electron chi connectivity index (χ4n) is 2.90. The quantitative estimate of drug-likeness (QED) is 0.732. The van der Waals surface area contributed by atoms with Crippen LogP contribution in [0.1, 0.15) is 45.3 Å². The highest BCUT2D eigenvalue weighted by Crippen LogP contribution is 2.21. The first-order chi connectivity index (χ1) is 11.0. The van der Waals surface area contributed by atoms with Crippen molar-refractivity contribution >= 4 is 18.3 Å². The number of carbonyl (C=O) groups is 1. The molecule has 1 aliphatic rings. The van der Waals surface area contributed by atoms with Gasteiger partial charge in [0.05, 0.1) is 12.2 Å². The van der Waals surface area contributed by atoms with Crippen LogP contribution in [-0.2, 0) is 4.79 Å². The number of piperidine rings is 1. The summed E-state index contributed by atoms with van der Waals surface area (Å²) in [5, 5.41) is 16.5. The molecule has 1 aromatic rings. The number of aliphatic hydroxyl groups is 1. The van der Waals surface area contributed by atoms with E-state index in [-0.39, 0.29) is 36.9 Å². The maximum Gasteiger partial charge on any atom is 0.223 e. The lowest BCUT2D eigenvalue weighted by Crippen LogP contribution is -2.43. The summed E-state index contributed by atoms with van der Waals surface area (Å²) in [5.41, 5.74) is 0.752. The van der Waals surface area contributed by atoms with Crippen LogP contribution in [-0.4, -0.2) is 36.2 Å². The number of halogens is 1. The zero-order valence-electron chi connectivity index (χ0n) is 14.6. The summed E-state index contributed by atoms with van der Waals surface area (Å²) in [6.45, 7) is 7.11. The molecule has 0 radical (unpaired) electrons. The molecule has 0 aromatic heterocycles. The highest BCUT2D eigenvalue weighted by molar-refractivity contribution is 5.85. The van der Waals surface area contributed by atoms with E-state index in [0.717, 1.165) is 30.7 Å². The number of nitrogens with one attached hydrogen (secondary N) is 2. The van der Waals surface area contributed by atoms with E-state index in [4.69, 9.17) is 4.74 Å². The molecule has 0 spiro atoms. The molecule has 2 rings (SSSR count). The number of rotatable bonds is 6. The van der Waals surface area contributed by atoms with Gasteiger partial charge in [0.15, 0.2) is 0 Å². The van der Waals surface area contributed by atoms with E-state index in [1.54, 1.807) is 0 Å². The number of benzene rings is 1. The van der Waals surface area contributed by atoms with Crippen LogP contribution < -0.4 is 15.4 Å². The predicted octanol–water partition coefficient (Wildman–Crippen LogP) is 2.43. The van der Waals surface area contributed by atoms with Crippen LogP contribution in [0.3, 0.4) is 0 Å². The molecule has 24 heavy (non-hydrogen) atoms. The summed E-state index contributed by atoms with van der Waals surface area (Å²) < 4.78 is 5.63. The molecular formula is C18H29ClN2O3. The number of hydrogen-bond donors (Lipinski definition) is 3. The normalized spacial score (nSPS) is 21.7. The minimum Gasteiger partial charge on any atom is -0.491 e. The van der Waals surface area contributed by atoms with Gasteiger partial charge in [-0.1, -0.05) is 12.1 Å². The summed E-state index contributed by atoms with van der Waals surface area (Å²) in [6, 6.07) is 7.76. The lowest BCUT2D eigenvalue weighted by molar-refractivity contribution is -0.126. The van der Waals surface area contributed by atoms with Crippen LogP contribution in [0.15, 0.2) is 24.3 Å². The standard InChI is InChI=1S/C18H28N2O3.ClH/c1-12(2)23-16-6-4-5-14(10-16)17(21)11-20-18(22)15-7-8-19-13(3)9-15;/h4-6,10,12-13,15,17,19,21H,7-9,11H2,1-3H3,(H,20,22);1H/t13-,15-,17?;/m0./s1. The van der Waals surface area contributed by atoms with Gasteiger partial charge in [0.1, 0.15) is 5.75 Å². The third kappa shape index (κ3) is 6.30. The van der Waals surface area contributed by atoms with Crippen molar-refractivity contribution < 1.29 is 14.6 Å². The number of ether oxygens (including phenoxy) is 1. The van der Waals surface area contributed by atoms with Crippen LogP contribution in [0.5, 0.6) is 5.75 Å². The number of carbonyl (C=O) groups excluding carboxylic acids is 1. The van der Waals surface area contributed by atoms with Crippen LogP contribution in [0, 0.1) is 5.92 Å². The highest BCUT2D eigenvalue weighted by atomic mass is 35.5. The molecule has 6 heteroatoms. The van der Waals surface area contributed by atoms with E-state index in [9.17, 15) is 9.90 Å². The molecule has 1 unspecified atom stereocenters. The highest BCUT2D eigenvalue weighted by Gasteiger charge is 2.25. The first-order valence-electron chi connectivity index (χ1n) is 8.41. The average molecular weight is 357 g/mol. The van der Waals surface area contributed by atoms with E-state index < -0.39 is 6.10 Å². The van der Waals surface area contributed by atoms with Gasteiger partial charge in [-0.3, -0.25) is 4.79 Å². The number of amides is 1. The van der Waals surface area contributed by atoms with E-state index in [1.807, 2.05) is 38.1 Å². The maximum absolute atomic E-state index is 12.2. The minimum atomic E-state index is -0.728. The third-order valence-corrected chi connectivity index (χ3v) is 4.08. The molecule has 1 fully saturated rings. The van der Waals surface area contributed by atoms with Crippen LogP contribution in [0.25, 0.3) is 0 Å². The monoisotopic (exact) mass is 356 g/mol. The van der Waals surface area contributed by atoms with E-state index in [0.29, 0.717) is 6.04 Å². The maximum atomic E-state index is 12.2. The largest absolute Gasteiger partial charge is 0.491 e. The van der Waals surface area contributed by atoms with Crippen molar-refractivity contribution in [3.63, 3.8) is 0 Å². The summed E-state index contributed by atoms with van der Waals surface area (Å²) in [4.78, 5) is 12.2. The first-order valence-corrected chi connectivity index (χ1v) is 8.41. The zero-order valence-corrected chi connectivity index (χ0v) is 15.4. The Morgan fingerprint density at radius 3 is 2.88 bits per heavy atom. The van der Waals surface area contributed by atoms with Gasteiger partial charge in [-0.05, 0) is 57.9 Å². The molecule has 5 nitrogen and oxygen atoms in total. The van der Waals surface area contributed by atoms with Crippen molar-refractivity contribution in [3.8, 4) is 5.75 Å². The van der Waals surface area contributed by atoms with Crippen LogP contribution >= 0.6 is 12.4 Å². The smallest absolute Gasteiger partial charge is 0.223 e. The van der Waals surface area contributed by atoms with Crippen LogP contribution in [0.4, 0.5) is 0 Å². The number of hydrogen-bond acceptors (Lipinski definition) is 4. The first kappa shape index (κ1) is 20.7. The second-order valence-electron chi connectivity index (χ2n) is 6.58. The Morgan fingerprint density at radius 1 is 1.46 bits per heavy atom. The second-order valence-corrected chi connectivity index (χ2v) is 6.58. The summed E-state index contributed by atoms with van der Waals surface area (Å²) >= 11 is 0. The summed E-state index contributed by atoms with van der Waals surface area (Å²) in [7, 11) is 0. The summed E-state index contributed by atoms with van der Waals surface area (Å²) in [5.74, 6) is 0.802. The van der Waals surface area contributed by atoms with Crippen molar-refractivity contribution in [2.24, 2.45) is 5.92 Å². The van der Waals surface area contributed by atoms with Gasteiger partial charge < -0.3 is 20.5 Å². The van der Waals surface area contributed by atoms with Gasteiger partial charge >= 0.3 is 0 Å². The fraction of sp³-hybridized carbons (Fsp3) is 0.611.